The molecule has 0 unspecified atom stereocenters. The van der Waals surface area contributed by atoms with Gasteiger partial charge in [0.25, 0.3) is 0 Å². The smallest absolute Gasteiger partial charge is 0.248 e. The Morgan fingerprint density at radius 1 is 1.19 bits per heavy atom. The summed E-state index contributed by atoms with van der Waals surface area (Å²) >= 11 is 0. The van der Waals surface area contributed by atoms with Crippen LogP contribution < -0.4 is 14.5 Å². The summed E-state index contributed by atoms with van der Waals surface area (Å²) in [5.74, 6) is -0.790. The molecule has 7 nitrogen and oxygen atoms in total. The van der Waals surface area contributed by atoms with Gasteiger partial charge in [0.1, 0.15) is 13.1 Å². The first-order valence-corrected chi connectivity index (χ1v) is 10.3. The van der Waals surface area contributed by atoms with Crippen LogP contribution in [-0.4, -0.2) is 39.6 Å². The number of rotatable bonds is 4. The highest BCUT2D eigenvalue weighted by Crippen LogP contribution is 2.30. The average molecular weight is 387 g/mol. The van der Waals surface area contributed by atoms with E-state index in [0.29, 0.717) is 17.1 Å². The first-order chi connectivity index (χ1) is 12.7. The number of carbonyl (C=O) groups excluding carboxylic acids is 2. The largest absolute Gasteiger partial charge is 0.323 e. The van der Waals surface area contributed by atoms with Gasteiger partial charge in [-0.2, -0.15) is 0 Å². The number of hydrogen-bond donors (Lipinski definition) is 1. The number of amides is 2. The highest BCUT2D eigenvalue weighted by atomic mass is 32.2. The van der Waals surface area contributed by atoms with Crippen LogP contribution in [0.2, 0.25) is 0 Å². The number of nitrogens with zero attached hydrogens (tertiary/aromatic N) is 2. The summed E-state index contributed by atoms with van der Waals surface area (Å²) < 4.78 is 25.8. The van der Waals surface area contributed by atoms with Crippen molar-refractivity contribution in [1.82, 2.24) is 0 Å². The van der Waals surface area contributed by atoms with E-state index in [1.807, 2.05) is 13.0 Å². The fourth-order valence-electron chi connectivity index (χ4n) is 3.13. The Kier molecular flexibility index (Phi) is 4.93. The van der Waals surface area contributed by atoms with E-state index >= 15 is 0 Å². The van der Waals surface area contributed by atoms with Crippen molar-refractivity contribution < 1.29 is 18.0 Å². The van der Waals surface area contributed by atoms with Gasteiger partial charge in [-0.25, -0.2) is 8.42 Å². The zero-order chi connectivity index (χ0) is 19.8. The van der Waals surface area contributed by atoms with Crippen LogP contribution in [0.1, 0.15) is 11.1 Å². The Morgan fingerprint density at radius 3 is 2.56 bits per heavy atom. The minimum Gasteiger partial charge on any atom is -0.323 e. The summed E-state index contributed by atoms with van der Waals surface area (Å²) in [7, 11) is -3.69. The second kappa shape index (κ2) is 7.03. The van der Waals surface area contributed by atoms with Gasteiger partial charge in [0.2, 0.25) is 21.8 Å². The second-order valence-corrected chi connectivity index (χ2v) is 8.51. The Morgan fingerprint density at radius 2 is 1.89 bits per heavy atom. The van der Waals surface area contributed by atoms with E-state index in [9.17, 15) is 18.0 Å². The minimum atomic E-state index is -3.69. The van der Waals surface area contributed by atoms with E-state index in [2.05, 4.69) is 5.32 Å². The molecule has 0 bridgehead atoms. The number of hydrogen-bond acceptors (Lipinski definition) is 4. The van der Waals surface area contributed by atoms with Crippen molar-refractivity contribution in [3.8, 4) is 0 Å². The number of benzene rings is 2. The van der Waals surface area contributed by atoms with Gasteiger partial charge in [-0.15, -0.1) is 0 Å². The molecular weight excluding hydrogens is 366 g/mol. The lowest BCUT2D eigenvalue weighted by Gasteiger charge is -2.31. The number of fused-ring (bicyclic) bond motifs is 1. The Balaban J connectivity index is 1.96. The molecule has 8 heteroatoms. The fraction of sp³-hybridized carbons (Fsp3) is 0.263. The molecule has 0 spiro atoms. The van der Waals surface area contributed by atoms with Crippen LogP contribution in [0.5, 0.6) is 0 Å². The van der Waals surface area contributed by atoms with Crippen molar-refractivity contribution in [2.24, 2.45) is 0 Å². The van der Waals surface area contributed by atoms with Crippen LogP contribution in [0.15, 0.2) is 42.5 Å². The van der Waals surface area contributed by atoms with Crippen LogP contribution in [0.3, 0.4) is 0 Å². The minimum absolute atomic E-state index is 0.152. The monoisotopic (exact) mass is 387 g/mol. The normalized spacial score (nSPS) is 13.7. The topological polar surface area (TPSA) is 86.8 Å². The summed E-state index contributed by atoms with van der Waals surface area (Å²) in [5, 5.41) is 2.71. The first kappa shape index (κ1) is 18.9. The summed E-state index contributed by atoms with van der Waals surface area (Å²) in [6, 6.07) is 12.3. The molecule has 0 aliphatic carbocycles. The van der Waals surface area contributed by atoms with Crippen molar-refractivity contribution >= 4 is 38.9 Å². The van der Waals surface area contributed by atoms with E-state index in [0.717, 1.165) is 21.7 Å². The maximum absolute atomic E-state index is 13.0. The lowest BCUT2D eigenvalue weighted by Crippen LogP contribution is -2.48. The zero-order valence-electron chi connectivity index (χ0n) is 15.4. The van der Waals surface area contributed by atoms with Crippen molar-refractivity contribution in [1.29, 1.82) is 0 Å². The molecule has 2 aromatic rings. The molecule has 1 N–H and O–H groups in total. The molecule has 2 amide bonds. The fourth-order valence-corrected chi connectivity index (χ4v) is 4.04. The molecule has 3 rings (SSSR count). The van der Waals surface area contributed by atoms with Crippen molar-refractivity contribution in [2.45, 2.75) is 13.8 Å². The van der Waals surface area contributed by atoms with Gasteiger partial charge in [0.15, 0.2) is 0 Å². The molecule has 1 heterocycles. The van der Waals surface area contributed by atoms with Crippen LogP contribution in [0.25, 0.3) is 0 Å². The maximum Gasteiger partial charge on any atom is 0.248 e. The standard InChI is InChI=1S/C19H21N3O4S/c1-13-8-9-16(14(2)10-13)22(27(3,25)26)12-19(24)21-11-18(23)20-15-6-4-5-7-17(15)21/h4-10H,11-12H2,1-3H3,(H,20,23). The van der Waals surface area contributed by atoms with E-state index < -0.39 is 15.9 Å². The molecule has 1 aliphatic heterocycles. The van der Waals surface area contributed by atoms with Crippen molar-refractivity contribution in [2.75, 3.05) is 33.9 Å². The molecule has 0 fully saturated rings. The maximum atomic E-state index is 13.0. The van der Waals surface area contributed by atoms with Gasteiger partial charge < -0.3 is 5.32 Å². The van der Waals surface area contributed by atoms with E-state index in [4.69, 9.17) is 0 Å². The number of sulfonamides is 1. The predicted octanol–water partition coefficient (Wildman–Crippen LogP) is 2.05. The third-order valence-electron chi connectivity index (χ3n) is 4.37. The third kappa shape index (κ3) is 3.95. The molecule has 0 atom stereocenters. The van der Waals surface area contributed by atoms with Crippen LogP contribution in [-0.2, 0) is 19.6 Å². The molecule has 2 aromatic carbocycles. The average Bonchev–Trinajstić information content (AvgIpc) is 2.58. The SMILES string of the molecule is Cc1ccc(N(CC(=O)N2CC(=O)Nc3ccccc32)S(C)(=O)=O)c(C)c1. The van der Waals surface area contributed by atoms with E-state index in [1.165, 1.54) is 4.90 Å². The number of nitrogens with one attached hydrogen (secondary N) is 1. The number of anilines is 3. The molecule has 0 saturated carbocycles. The van der Waals surface area contributed by atoms with Gasteiger partial charge in [0, 0.05) is 0 Å². The van der Waals surface area contributed by atoms with Crippen molar-refractivity contribution in [3.63, 3.8) is 0 Å². The summed E-state index contributed by atoms with van der Waals surface area (Å²) in [6.45, 7) is 3.18. The highest BCUT2D eigenvalue weighted by Gasteiger charge is 2.30. The van der Waals surface area contributed by atoms with Gasteiger partial charge in [-0.1, -0.05) is 29.8 Å². The van der Waals surface area contributed by atoms with Gasteiger partial charge in [-0.05, 0) is 37.6 Å². The van der Waals surface area contributed by atoms with E-state index in [1.54, 1.807) is 43.3 Å². The lowest BCUT2D eigenvalue weighted by molar-refractivity contribution is -0.121. The number of carbonyl (C=O) groups is 2. The third-order valence-corrected chi connectivity index (χ3v) is 5.50. The molecule has 1 aliphatic rings. The first-order valence-electron chi connectivity index (χ1n) is 8.41. The lowest BCUT2D eigenvalue weighted by atomic mass is 10.1. The Bertz CT molecular complexity index is 1020. The zero-order valence-corrected chi connectivity index (χ0v) is 16.2. The molecule has 27 heavy (non-hydrogen) atoms. The molecule has 0 saturated heterocycles. The second-order valence-electron chi connectivity index (χ2n) is 6.60. The predicted molar refractivity (Wildman–Crippen MR) is 106 cm³/mol. The molecule has 0 aromatic heterocycles. The number of aryl methyl sites for hydroxylation is 2. The van der Waals surface area contributed by atoms with Crippen LogP contribution in [0.4, 0.5) is 17.1 Å². The Hall–Kier alpha value is -2.87. The van der Waals surface area contributed by atoms with Gasteiger partial charge in [-0.3, -0.25) is 18.8 Å². The summed E-state index contributed by atoms with van der Waals surface area (Å²) in [6.07, 6.45) is 1.07. The van der Waals surface area contributed by atoms with E-state index in [-0.39, 0.29) is 19.0 Å². The highest BCUT2D eigenvalue weighted by molar-refractivity contribution is 7.92. The quantitative estimate of drug-likeness (QED) is 0.870. The van der Waals surface area contributed by atoms with Crippen LogP contribution >= 0.6 is 0 Å². The molecule has 0 radical (unpaired) electrons. The summed E-state index contributed by atoms with van der Waals surface area (Å²) in [5.41, 5.74) is 3.28. The number of para-hydroxylation sites is 2. The van der Waals surface area contributed by atoms with Crippen molar-refractivity contribution in [3.05, 3.63) is 53.6 Å². The Labute approximate surface area is 158 Å². The van der Waals surface area contributed by atoms with Gasteiger partial charge >= 0.3 is 0 Å². The molecule has 142 valence electrons. The molecular formula is C19H21N3O4S. The van der Waals surface area contributed by atoms with Gasteiger partial charge in [0.05, 0.1) is 23.3 Å². The summed E-state index contributed by atoms with van der Waals surface area (Å²) in [4.78, 5) is 26.2. The van der Waals surface area contributed by atoms with Crippen LogP contribution in [0, 0.1) is 13.8 Å².